The molecule has 3 nitrogen and oxygen atoms in total. The topological polar surface area (TPSA) is 63.3 Å². The van der Waals surface area contributed by atoms with Gasteiger partial charge in [-0.3, -0.25) is 4.79 Å². The van der Waals surface area contributed by atoms with Crippen LogP contribution in [0.4, 0.5) is 0 Å². The molecule has 0 rings (SSSR count). The first-order valence-electron chi connectivity index (χ1n) is 2.71. The van der Waals surface area contributed by atoms with Crippen molar-refractivity contribution in [2.45, 2.75) is 19.8 Å². The molecule has 0 radical (unpaired) electrons. The van der Waals surface area contributed by atoms with Crippen LogP contribution < -0.4 is 5.73 Å². The Balaban J connectivity index is 0. The summed E-state index contributed by atoms with van der Waals surface area (Å²) in [7, 11) is 0. The van der Waals surface area contributed by atoms with Gasteiger partial charge in [-0.05, 0) is 6.42 Å². The summed E-state index contributed by atoms with van der Waals surface area (Å²) >= 11 is 0. The molecule has 0 aromatic heterocycles. The molecule has 0 aliphatic heterocycles. The first-order chi connectivity index (χ1) is 4.18. The number of amides is 1. The van der Waals surface area contributed by atoms with Crippen LogP contribution in [0, 0.1) is 0 Å². The second-order valence-electron chi connectivity index (χ2n) is 1.45. The molecule has 0 heterocycles. The molecule has 3 N–H and O–H groups in total. The van der Waals surface area contributed by atoms with Gasteiger partial charge in [0.1, 0.15) is 0 Å². The molecule has 0 saturated carbocycles. The Morgan fingerprint density at radius 1 is 1.89 bits per heavy atom. The summed E-state index contributed by atoms with van der Waals surface area (Å²) in [5.41, 5.74) is 4.17. The van der Waals surface area contributed by atoms with E-state index in [2.05, 4.69) is 12.3 Å². The van der Waals surface area contributed by atoms with Crippen LogP contribution in [-0.2, 0) is 4.79 Å². The van der Waals surface area contributed by atoms with Crippen LogP contribution >= 0.6 is 0 Å². The summed E-state index contributed by atoms with van der Waals surface area (Å²) in [5.74, 6) is 0.289. The Bertz CT molecular complexity index is 81.1. The molecular formula is C6H13NO2. The fourth-order valence-corrected chi connectivity index (χ4v) is 0.289. The number of hydrogen-bond donors (Lipinski definition) is 2. The van der Waals surface area contributed by atoms with Crippen molar-refractivity contribution in [1.82, 2.24) is 0 Å². The number of aliphatic hydroxyl groups is 1. The minimum atomic E-state index is 0.250. The molecule has 0 fully saturated rings. The lowest BCUT2D eigenvalue weighted by atomic mass is 10.3. The van der Waals surface area contributed by atoms with E-state index in [0.717, 1.165) is 12.8 Å². The number of aliphatic hydroxyl groups excluding tert-OH is 1. The smallest absolute Gasteiger partial charge is 0.204 e. The maximum Gasteiger partial charge on any atom is 0.204 e. The van der Waals surface area contributed by atoms with Gasteiger partial charge in [0.25, 0.3) is 0 Å². The van der Waals surface area contributed by atoms with Crippen molar-refractivity contribution in [3.8, 4) is 0 Å². The molecule has 0 atom stereocenters. The van der Waals surface area contributed by atoms with Crippen molar-refractivity contribution in [3.05, 3.63) is 12.3 Å². The zero-order chi connectivity index (χ0) is 7.70. The highest BCUT2D eigenvalue weighted by atomic mass is 16.3. The number of allylic oxidation sites excluding steroid dienone is 1. The fourth-order valence-electron chi connectivity index (χ4n) is 0.289. The van der Waals surface area contributed by atoms with E-state index in [9.17, 15) is 0 Å². The molecule has 9 heavy (non-hydrogen) atoms. The summed E-state index contributed by atoms with van der Waals surface area (Å²) in [4.78, 5) is 8.58. The van der Waals surface area contributed by atoms with E-state index in [1.54, 1.807) is 0 Å². The molecule has 1 amide bonds. The van der Waals surface area contributed by atoms with Crippen LogP contribution in [0.15, 0.2) is 12.3 Å². The number of rotatable bonds is 2. The van der Waals surface area contributed by atoms with Gasteiger partial charge in [-0.25, -0.2) is 0 Å². The van der Waals surface area contributed by atoms with Crippen LogP contribution in [-0.4, -0.2) is 11.5 Å². The Morgan fingerprint density at radius 3 is 2.22 bits per heavy atom. The molecule has 0 aromatic carbocycles. The lowest BCUT2D eigenvalue weighted by molar-refractivity contribution is -0.106. The number of primary amides is 1. The SMILES string of the molecule is C=C(O)CCC.NC=O. The first-order valence-corrected chi connectivity index (χ1v) is 2.71. The van der Waals surface area contributed by atoms with E-state index >= 15 is 0 Å². The predicted molar refractivity (Wildman–Crippen MR) is 36.9 cm³/mol. The van der Waals surface area contributed by atoms with Crippen molar-refractivity contribution in [2.24, 2.45) is 5.73 Å². The summed E-state index contributed by atoms with van der Waals surface area (Å²) in [6, 6.07) is 0. The molecule has 54 valence electrons. The fraction of sp³-hybridized carbons (Fsp3) is 0.500. The monoisotopic (exact) mass is 131 g/mol. The molecule has 0 spiro atoms. The largest absolute Gasteiger partial charge is 0.513 e. The first kappa shape index (κ1) is 10.9. The standard InChI is InChI=1S/C5H10O.CH3NO/c1-3-4-5(2)6;2-1-3/h6H,2-4H2,1H3;1H,(H2,2,3). The van der Waals surface area contributed by atoms with Gasteiger partial charge in [0.2, 0.25) is 6.41 Å². The molecule has 0 aliphatic rings. The third-order valence-corrected chi connectivity index (χ3v) is 0.539. The van der Waals surface area contributed by atoms with Gasteiger partial charge in [0.05, 0.1) is 5.76 Å². The van der Waals surface area contributed by atoms with Crippen molar-refractivity contribution in [2.75, 3.05) is 0 Å². The normalized spacial score (nSPS) is 6.78. The van der Waals surface area contributed by atoms with Gasteiger partial charge in [-0.2, -0.15) is 0 Å². The maximum atomic E-state index is 8.58. The van der Waals surface area contributed by atoms with E-state index in [1.807, 2.05) is 6.92 Å². The minimum absolute atomic E-state index is 0.250. The molecule has 0 saturated heterocycles. The summed E-state index contributed by atoms with van der Waals surface area (Å²) in [6.45, 7) is 5.30. The van der Waals surface area contributed by atoms with Crippen LogP contribution in [0.3, 0.4) is 0 Å². The van der Waals surface area contributed by atoms with E-state index in [-0.39, 0.29) is 12.2 Å². The van der Waals surface area contributed by atoms with E-state index < -0.39 is 0 Å². The molecule has 0 aliphatic carbocycles. The lowest BCUT2D eigenvalue weighted by Gasteiger charge is -1.86. The average molecular weight is 131 g/mol. The van der Waals surface area contributed by atoms with Crippen LogP contribution in [0.1, 0.15) is 19.8 Å². The maximum absolute atomic E-state index is 8.58. The minimum Gasteiger partial charge on any atom is -0.513 e. The van der Waals surface area contributed by atoms with Crippen LogP contribution in [0.5, 0.6) is 0 Å². The molecule has 0 aromatic rings. The highest BCUT2D eigenvalue weighted by molar-refractivity contribution is 5.42. The van der Waals surface area contributed by atoms with Gasteiger partial charge < -0.3 is 10.8 Å². The van der Waals surface area contributed by atoms with E-state index in [0.29, 0.717) is 0 Å². The predicted octanol–water partition coefficient (Wildman–Crippen LogP) is 0.960. The van der Waals surface area contributed by atoms with Crippen molar-refractivity contribution in [1.29, 1.82) is 0 Å². The Labute approximate surface area is 55.2 Å². The summed E-state index contributed by atoms with van der Waals surface area (Å²) < 4.78 is 0. The van der Waals surface area contributed by atoms with E-state index in [1.165, 1.54) is 0 Å². The molecule has 3 heteroatoms. The third-order valence-electron chi connectivity index (χ3n) is 0.539. The Kier molecular flexibility index (Phi) is 12.2. The van der Waals surface area contributed by atoms with E-state index in [4.69, 9.17) is 9.90 Å². The lowest BCUT2D eigenvalue weighted by Crippen LogP contribution is -1.82. The van der Waals surface area contributed by atoms with Gasteiger partial charge >= 0.3 is 0 Å². The summed E-state index contributed by atoms with van der Waals surface area (Å²) in [6.07, 6.45) is 1.97. The molecule has 0 bridgehead atoms. The number of carbonyl (C=O) groups excluding carboxylic acids is 1. The van der Waals surface area contributed by atoms with Crippen LogP contribution in [0.2, 0.25) is 0 Å². The van der Waals surface area contributed by atoms with Crippen molar-refractivity contribution >= 4 is 6.41 Å². The Morgan fingerprint density at radius 2 is 2.22 bits per heavy atom. The molecule has 0 unspecified atom stereocenters. The second kappa shape index (κ2) is 10.1. The van der Waals surface area contributed by atoms with Gasteiger partial charge in [-0.1, -0.05) is 13.5 Å². The average Bonchev–Trinajstić information content (AvgIpc) is 1.67. The number of carbonyl (C=O) groups is 1. The second-order valence-corrected chi connectivity index (χ2v) is 1.45. The Hall–Kier alpha value is -0.990. The van der Waals surface area contributed by atoms with Gasteiger partial charge in [-0.15, -0.1) is 0 Å². The zero-order valence-corrected chi connectivity index (χ0v) is 5.63. The zero-order valence-electron chi connectivity index (χ0n) is 5.63. The third kappa shape index (κ3) is 43.6. The van der Waals surface area contributed by atoms with Crippen molar-refractivity contribution < 1.29 is 9.90 Å². The van der Waals surface area contributed by atoms with Gasteiger partial charge in [0, 0.05) is 6.42 Å². The quantitative estimate of drug-likeness (QED) is 0.433. The number of hydrogen-bond acceptors (Lipinski definition) is 2. The number of nitrogens with two attached hydrogens (primary N) is 1. The van der Waals surface area contributed by atoms with Gasteiger partial charge in [0.15, 0.2) is 0 Å². The summed E-state index contributed by atoms with van der Waals surface area (Å²) in [5, 5.41) is 8.36. The van der Waals surface area contributed by atoms with Crippen molar-refractivity contribution in [3.63, 3.8) is 0 Å². The highest BCUT2D eigenvalue weighted by Crippen LogP contribution is 1.93. The molecular weight excluding hydrogens is 118 g/mol. The highest BCUT2D eigenvalue weighted by Gasteiger charge is 1.79. The van der Waals surface area contributed by atoms with Crippen LogP contribution in [0.25, 0.3) is 0 Å².